The normalized spacial score (nSPS) is 10.9. The van der Waals surface area contributed by atoms with Crippen molar-refractivity contribution in [2.24, 2.45) is 0 Å². The van der Waals surface area contributed by atoms with Crippen LogP contribution in [0.2, 0.25) is 10.2 Å². The highest BCUT2D eigenvalue weighted by atomic mass is 35.5. The third-order valence-corrected chi connectivity index (χ3v) is 3.48. The van der Waals surface area contributed by atoms with Gasteiger partial charge in [-0.1, -0.05) is 47.5 Å². The van der Waals surface area contributed by atoms with Crippen molar-refractivity contribution in [3.05, 3.63) is 58.2 Å². The van der Waals surface area contributed by atoms with Crippen LogP contribution in [0, 0.1) is 6.92 Å². The summed E-state index contributed by atoms with van der Waals surface area (Å²) in [6, 6.07) is 13.3. The number of aryl methyl sites for hydroxylation is 1. The highest BCUT2D eigenvalue weighted by Crippen LogP contribution is 2.29. The Balaban J connectivity index is 2.30. The van der Waals surface area contributed by atoms with Crippen LogP contribution in [0.4, 0.5) is 0 Å². The Morgan fingerprint density at radius 1 is 0.895 bits per heavy atom. The Morgan fingerprint density at radius 3 is 2.47 bits per heavy atom. The van der Waals surface area contributed by atoms with E-state index >= 15 is 0 Å². The van der Waals surface area contributed by atoms with Gasteiger partial charge in [-0.3, -0.25) is 0 Å². The maximum absolute atomic E-state index is 6.24. The first-order valence-corrected chi connectivity index (χ1v) is 6.59. The zero-order valence-corrected chi connectivity index (χ0v) is 11.7. The van der Waals surface area contributed by atoms with E-state index in [1.807, 2.05) is 37.3 Å². The summed E-state index contributed by atoms with van der Waals surface area (Å²) in [6.07, 6.45) is 0. The first-order valence-electron chi connectivity index (χ1n) is 5.84. The molecule has 0 radical (unpaired) electrons. The summed E-state index contributed by atoms with van der Waals surface area (Å²) < 4.78 is 0. The summed E-state index contributed by atoms with van der Waals surface area (Å²) >= 11 is 12.2. The molecule has 0 spiro atoms. The number of benzene rings is 2. The third-order valence-electron chi connectivity index (χ3n) is 2.98. The fourth-order valence-electron chi connectivity index (χ4n) is 2.02. The molecule has 0 unspecified atom stereocenters. The van der Waals surface area contributed by atoms with E-state index in [4.69, 9.17) is 23.2 Å². The maximum atomic E-state index is 6.24. The minimum Gasteiger partial charge on any atom is -0.243 e. The number of fused-ring (bicyclic) bond motifs is 1. The third kappa shape index (κ3) is 2.29. The van der Waals surface area contributed by atoms with Gasteiger partial charge in [-0.05, 0) is 30.7 Å². The topological polar surface area (TPSA) is 25.8 Å². The van der Waals surface area contributed by atoms with Crippen LogP contribution >= 0.6 is 23.2 Å². The monoisotopic (exact) mass is 288 g/mol. The fourth-order valence-corrected chi connectivity index (χ4v) is 2.42. The van der Waals surface area contributed by atoms with E-state index in [0.29, 0.717) is 15.9 Å². The summed E-state index contributed by atoms with van der Waals surface area (Å²) in [5.74, 6) is 0. The number of rotatable bonds is 1. The number of hydrogen-bond acceptors (Lipinski definition) is 2. The molecular weight excluding hydrogens is 279 g/mol. The molecule has 94 valence electrons. The highest BCUT2D eigenvalue weighted by Gasteiger charge is 2.11. The molecular formula is C15H10Cl2N2. The van der Waals surface area contributed by atoms with Crippen molar-refractivity contribution in [3.8, 4) is 11.3 Å². The lowest BCUT2D eigenvalue weighted by Crippen LogP contribution is -1.93. The second-order valence-corrected chi connectivity index (χ2v) is 5.11. The number of halogens is 2. The minimum atomic E-state index is 0.407. The van der Waals surface area contributed by atoms with Crippen molar-refractivity contribution >= 4 is 34.2 Å². The quantitative estimate of drug-likeness (QED) is 0.636. The van der Waals surface area contributed by atoms with Gasteiger partial charge in [0.2, 0.25) is 0 Å². The molecule has 19 heavy (non-hydrogen) atoms. The molecule has 1 heterocycles. The molecule has 0 saturated heterocycles. The maximum Gasteiger partial charge on any atom is 0.156 e. The second kappa shape index (κ2) is 4.80. The van der Waals surface area contributed by atoms with Crippen LogP contribution in [-0.2, 0) is 0 Å². The van der Waals surface area contributed by atoms with E-state index in [1.54, 1.807) is 12.1 Å². The SMILES string of the molecule is Cc1ccccc1-c1nc2cc(Cl)ccc2nc1Cl. The van der Waals surface area contributed by atoms with E-state index in [2.05, 4.69) is 9.97 Å². The van der Waals surface area contributed by atoms with Crippen molar-refractivity contribution in [2.75, 3.05) is 0 Å². The molecule has 0 aliphatic heterocycles. The Hall–Kier alpha value is -1.64. The lowest BCUT2D eigenvalue weighted by molar-refractivity contribution is 1.28. The molecule has 0 fully saturated rings. The molecule has 0 bridgehead atoms. The van der Waals surface area contributed by atoms with Gasteiger partial charge in [0.25, 0.3) is 0 Å². The second-order valence-electron chi connectivity index (χ2n) is 4.31. The van der Waals surface area contributed by atoms with Gasteiger partial charge < -0.3 is 0 Å². The van der Waals surface area contributed by atoms with Crippen LogP contribution in [-0.4, -0.2) is 9.97 Å². The number of nitrogens with zero attached hydrogens (tertiary/aromatic N) is 2. The summed E-state index contributed by atoms with van der Waals surface area (Å²) in [6.45, 7) is 2.02. The fraction of sp³-hybridized carbons (Fsp3) is 0.0667. The number of aromatic nitrogens is 2. The predicted molar refractivity (Wildman–Crippen MR) is 79.7 cm³/mol. The predicted octanol–water partition coefficient (Wildman–Crippen LogP) is 4.91. The Bertz CT molecular complexity index is 769. The first-order chi connectivity index (χ1) is 9.15. The van der Waals surface area contributed by atoms with Crippen molar-refractivity contribution in [3.63, 3.8) is 0 Å². The van der Waals surface area contributed by atoms with E-state index in [0.717, 1.165) is 22.2 Å². The number of hydrogen-bond donors (Lipinski definition) is 0. The molecule has 3 rings (SSSR count). The summed E-state index contributed by atoms with van der Waals surface area (Å²) in [5, 5.41) is 1.05. The zero-order valence-electron chi connectivity index (χ0n) is 10.2. The Morgan fingerprint density at radius 2 is 1.68 bits per heavy atom. The van der Waals surface area contributed by atoms with Gasteiger partial charge in [-0.25, -0.2) is 9.97 Å². The molecule has 2 aromatic carbocycles. The van der Waals surface area contributed by atoms with Crippen molar-refractivity contribution in [1.82, 2.24) is 9.97 Å². The van der Waals surface area contributed by atoms with E-state index in [1.165, 1.54) is 0 Å². The van der Waals surface area contributed by atoms with E-state index in [-0.39, 0.29) is 0 Å². The molecule has 4 heteroatoms. The first kappa shape index (κ1) is 12.4. The molecule has 0 N–H and O–H groups in total. The Kier molecular flexibility index (Phi) is 3.13. The molecule has 0 aliphatic carbocycles. The Labute approximate surface area is 121 Å². The van der Waals surface area contributed by atoms with E-state index in [9.17, 15) is 0 Å². The molecule has 0 aliphatic rings. The summed E-state index contributed by atoms with van der Waals surface area (Å²) in [4.78, 5) is 8.97. The van der Waals surface area contributed by atoms with Gasteiger partial charge in [0.1, 0.15) is 5.69 Å². The van der Waals surface area contributed by atoms with Crippen LogP contribution in [0.1, 0.15) is 5.56 Å². The van der Waals surface area contributed by atoms with Gasteiger partial charge >= 0.3 is 0 Å². The van der Waals surface area contributed by atoms with Crippen LogP contribution in [0.3, 0.4) is 0 Å². The largest absolute Gasteiger partial charge is 0.243 e. The average molecular weight is 289 g/mol. The van der Waals surface area contributed by atoms with E-state index < -0.39 is 0 Å². The van der Waals surface area contributed by atoms with Crippen molar-refractivity contribution < 1.29 is 0 Å². The molecule has 3 aromatic rings. The highest BCUT2D eigenvalue weighted by molar-refractivity contribution is 6.32. The molecule has 1 aromatic heterocycles. The lowest BCUT2D eigenvalue weighted by Gasteiger charge is -2.08. The minimum absolute atomic E-state index is 0.407. The van der Waals surface area contributed by atoms with Gasteiger partial charge in [0.15, 0.2) is 5.15 Å². The average Bonchev–Trinajstić information content (AvgIpc) is 2.39. The van der Waals surface area contributed by atoms with Gasteiger partial charge in [0, 0.05) is 10.6 Å². The van der Waals surface area contributed by atoms with Crippen molar-refractivity contribution in [2.45, 2.75) is 6.92 Å². The van der Waals surface area contributed by atoms with Crippen LogP contribution in [0.5, 0.6) is 0 Å². The lowest BCUT2D eigenvalue weighted by atomic mass is 10.1. The van der Waals surface area contributed by atoms with Gasteiger partial charge in [0.05, 0.1) is 11.0 Å². The van der Waals surface area contributed by atoms with Crippen molar-refractivity contribution in [1.29, 1.82) is 0 Å². The molecule has 0 amide bonds. The van der Waals surface area contributed by atoms with Crippen LogP contribution in [0.25, 0.3) is 22.3 Å². The zero-order chi connectivity index (χ0) is 13.4. The molecule has 0 saturated carbocycles. The molecule has 2 nitrogen and oxygen atoms in total. The summed E-state index contributed by atoms with van der Waals surface area (Å²) in [5.41, 5.74) is 4.28. The van der Waals surface area contributed by atoms with Crippen LogP contribution in [0.15, 0.2) is 42.5 Å². The smallest absolute Gasteiger partial charge is 0.156 e. The standard InChI is InChI=1S/C15H10Cl2N2/c1-9-4-2-3-5-11(9)14-15(17)19-12-7-6-10(16)8-13(12)18-14/h2-8H,1H3. The summed E-state index contributed by atoms with van der Waals surface area (Å²) in [7, 11) is 0. The molecule has 0 atom stereocenters. The van der Waals surface area contributed by atoms with Gasteiger partial charge in [-0.2, -0.15) is 0 Å². The van der Waals surface area contributed by atoms with Crippen LogP contribution < -0.4 is 0 Å². The van der Waals surface area contributed by atoms with Gasteiger partial charge in [-0.15, -0.1) is 0 Å².